The molecule has 1 atom stereocenters. The second-order valence-corrected chi connectivity index (χ2v) is 5.76. The monoisotopic (exact) mass is 281 g/mol. The molecule has 1 saturated heterocycles. The molecule has 0 radical (unpaired) electrons. The normalized spacial score (nSPS) is 19.2. The zero-order valence-electron chi connectivity index (χ0n) is 12.5. The second-order valence-electron chi connectivity index (χ2n) is 5.76. The molecule has 0 aliphatic carbocycles. The van der Waals surface area contributed by atoms with E-state index in [1.807, 2.05) is 0 Å². The highest BCUT2D eigenvalue weighted by molar-refractivity contribution is 5.22. The van der Waals surface area contributed by atoms with Gasteiger partial charge in [0.1, 0.15) is 0 Å². The van der Waals surface area contributed by atoms with Crippen molar-refractivity contribution in [2.45, 2.75) is 19.9 Å². The predicted molar refractivity (Wildman–Crippen MR) is 78.2 cm³/mol. The van der Waals surface area contributed by atoms with Crippen LogP contribution >= 0.6 is 0 Å². The van der Waals surface area contributed by atoms with Crippen LogP contribution in [-0.4, -0.2) is 65.6 Å². The molecule has 1 unspecified atom stereocenters. The van der Waals surface area contributed by atoms with Gasteiger partial charge in [-0.3, -0.25) is 4.90 Å². The van der Waals surface area contributed by atoms with Crippen LogP contribution in [0.1, 0.15) is 13.8 Å². The number of halogens is 1. The molecular weight excluding hydrogens is 257 g/mol. The number of aromatic nitrogens is 2. The molecule has 0 bridgehead atoms. The van der Waals surface area contributed by atoms with E-state index >= 15 is 0 Å². The molecule has 1 aliphatic rings. The molecule has 2 heterocycles. The van der Waals surface area contributed by atoms with Crippen molar-refractivity contribution in [3.05, 3.63) is 18.2 Å². The summed E-state index contributed by atoms with van der Waals surface area (Å²) in [6.07, 6.45) is 2.38. The lowest BCUT2D eigenvalue weighted by Crippen LogP contribution is -2.52. The van der Waals surface area contributed by atoms with E-state index in [0.29, 0.717) is 17.9 Å². The lowest BCUT2D eigenvalue weighted by molar-refractivity contribution is 0.0943. The van der Waals surface area contributed by atoms with Gasteiger partial charge in [0.25, 0.3) is 0 Å². The van der Waals surface area contributed by atoms with Crippen LogP contribution in [-0.2, 0) is 0 Å². The summed E-state index contributed by atoms with van der Waals surface area (Å²) in [5.74, 6) is 0.632. The number of nitrogens with zero attached hydrogens (tertiary/aromatic N) is 4. The van der Waals surface area contributed by atoms with Gasteiger partial charge < -0.3 is 10.2 Å². The molecule has 20 heavy (non-hydrogen) atoms. The molecule has 0 amide bonds. The van der Waals surface area contributed by atoms with E-state index in [1.165, 1.54) is 12.4 Å². The van der Waals surface area contributed by atoms with Crippen molar-refractivity contribution < 1.29 is 4.39 Å². The first-order valence-corrected chi connectivity index (χ1v) is 7.20. The molecule has 112 valence electrons. The van der Waals surface area contributed by atoms with Gasteiger partial charge in [-0.15, -0.1) is 0 Å². The zero-order chi connectivity index (χ0) is 14.5. The molecule has 1 N–H and O–H groups in total. The molecule has 0 aromatic carbocycles. The van der Waals surface area contributed by atoms with Crippen molar-refractivity contribution in [2.24, 2.45) is 5.92 Å². The van der Waals surface area contributed by atoms with Gasteiger partial charge in [-0.25, -0.2) is 14.4 Å². The van der Waals surface area contributed by atoms with Crippen molar-refractivity contribution in [1.82, 2.24) is 19.8 Å². The maximum Gasteiger partial charge on any atom is 0.222 e. The summed E-state index contributed by atoms with van der Waals surface area (Å²) in [6, 6.07) is 0.442. The number of anilines is 1. The van der Waals surface area contributed by atoms with Crippen LogP contribution in [0.25, 0.3) is 0 Å². The van der Waals surface area contributed by atoms with Crippen LogP contribution in [0.4, 0.5) is 10.3 Å². The minimum Gasteiger partial charge on any atom is -0.353 e. The number of piperazine rings is 1. The lowest BCUT2D eigenvalue weighted by atomic mass is 10.0. The molecular formula is C14H24FN5. The maximum atomic E-state index is 12.8. The summed E-state index contributed by atoms with van der Waals surface area (Å²) in [6.45, 7) is 9.64. The highest BCUT2D eigenvalue weighted by Crippen LogP contribution is 2.14. The van der Waals surface area contributed by atoms with Crippen molar-refractivity contribution in [3.8, 4) is 0 Å². The summed E-state index contributed by atoms with van der Waals surface area (Å²) in [7, 11) is 2.16. The number of hydrogen-bond donors (Lipinski definition) is 1. The van der Waals surface area contributed by atoms with Gasteiger partial charge >= 0.3 is 0 Å². The number of hydrogen-bond acceptors (Lipinski definition) is 5. The molecule has 2 rings (SSSR count). The van der Waals surface area contributed by atoms with E-state index in [9.17, 15) is 4.39 Å². The highest BCUT2D eigenvalue weighted by atomic mass is 19.1. The largest absolute Gasteiger partial charge is 0.353 e. The van der Waals surface area contributed by atoms with Crippen LogP contribution in [0.15, 0.2) is 12.4 Å². The third-order valence-corrected chi connectivity index (χ3v) is 3.87. The van der Waals surface area contributed by atoms with Crippen LogP contribution in [0.3, 0.4) is 0 Å². The van der Waals surface area contributed by atoms with E-state index in [4.69, 9.17) is 0 Å². The summed E-state index contributed by atoms with van der Waals surface area (Å²) < 4.78 is 12.8. The van der Waals surface area contributed by atoms with Gasteiger partial charge in [0.15, 0.2) is 5.82 Å². The van der Waals surface area contributed by atoms with E-state index in [-0.39, 0.29) is 0 Å². The van der Waals surface area contributed by atoms with Crippen molar-refractivity contribution in [1.29, 1.82) is 0 Å². The van der Waals surface area contributed by atoms with Crippen LogP contribution in [0, 0.1) is 11.7 Å². The minimum atomic E-state index is -0.407. The van der Waals surface area contributed by atoms with Crippen molar-refractivity contribution in [2.75, 3.05) is 45.1 Å². The third kappa shape index (κ3) is 4.11. The molecule has 1 aromatic rings. The standard InChI is InChI=1S/C14H24FN5/c1-11(2)13(20-6-4-19(3)5-7-20)10-18-14-16-8-12(15)9-17-14/h8-9,11,13H,4-7,10H2,1-3H3,(H,16,17,18). The van der Waals surface area contributed by atoms with E-state index in [2.05, 4.69) is 46.0 Å². The average Bonchev–Trinajstić information content (AvgIpc) is 2.43. The SMILES string of the molecule is CC(C)C(CNc1ncc(F)cn1)N1CCN(C)CC1. The average molecular weight is 281 g/mol. The Morgan fingerprint density at radius 1 is 1.20 bits per heavy atom. The molecule has 0 spiro atoms. The van der Waals surface area contributed by atoms with E-state index in [0.717, 1.165) is 32.7 Å². The van der Waals surface area contributed by atoms with Gasteiger partial charge in [-0.05, 0) is 13.0 Å². The molecule has 5 nitrogen and oxygen atoms in total. The molecule has 1 aromatic heterocycles. The number of nitrogens with one attached hydrogen (secondary N) is 1. The summed E-state index contributed by atoms with van der Waals surface area (Å²) in [5.41, 5.74) is 0. The van der Waals surface area contributed by atoms with Gasteiger partial charge in [0.05, 0.1) is 12.4 Å². The van der Waals surface area contributed by atoms with Gasteiger partial charge in [-0.1, -0.05) is 13.8 Å². The highest BCUT2D eigenvalue weighted by Gasteiger charge is 2.24. The molecule has 1 fully saturated rings. The van der Waals surface area contributed by atoms with Gasteiger partial charge in [-0.2, -0.15) is 0 Å². The predicted octanol–water partition coefficient (Wildman–Crippen LogP) is 1.30. The number of likely N-dealkylation sites (N-methyl/N-ethyl adjacent to an activating group) is 1. The Kier molecular flexibility index (Phi) is 5.25. The quantitative estimate of drug-likeness (QED) is 0.881. The Labute approximate surface area is 120 Å². The fourth-order valence-electron chi connectivity index (χ4n) is 2.54. The first-order valence-electron chi connectivity index (χ1n) is 7.20. The first-order chi connectivity index (χ1) is 9.56. The fourth-order valence-corrected chi connectivity index (χ4v) is 2.54. The van der Waals surface area contributed by atoms with Gasteiger partial charge in [0, 0.05) is 38.8 Å². The maximum absolute atomic E-state index is 12.8. The number of rotatable bonds is 5. The third-order valence-electron chi connectivity index (χ3n) is 3.87. The molecule has 6 heteroatoms. The van der Waals surface area contributed by atoms with Crippen molar-refractivity contribution in [3.63, 3.8) is 0 Å². The summed E-state index contributed by atoms with van der Waals surface area (Å²) in [5, 5.41) is 3.22. The molecule has 0 saturated carbocycles. The Balaban J connectivity index is 1.90. The van der Waals surface area contributed by atoms with Crippen LogP contribution in [0.5, 0.6) is 0 Å². The Morgan fingerprint density at radius 2 is 1.80 bits per heavy atom. The topological polar surface area (TPSA) is 44.3 Å². The summed E-state index contributed by atoms with van der Waals surface area (Å²) >= 11 is 0. The van der Waals surface area contributed by atoms with Crippen LogP contribution < -0.4 is 5.32 Å². The minimum absolute atomic E-state index is 0.407. The lowest BCUT2D eigenvalue weighted by Gasteiger charge is -2.39. The van der Waals surface area contributed by atoms with E-state index in [1.54, 1.807) is 0 Å². The molecule has 1 aliphatic heterocycles. The van der Waals surface area contributed by atoms with Crippen molar-refractivity contribution >= 4 is 5.95 Å². The Bertz CT molecular complexity index is 401. The van der Waals surface area contributed by atoms with Crippen LogP contribution in [0.2, 0.25) is 0 Å². The fraction of sp³-hybridized carbons (Fsp3) is 0.714. The smallest absolute Gasteiger partial charge is 0.222 e. The van der Waals surface area contributed by atoms with E-state index < -0.39 is 5.82 Å². The second kappa shape index (κ2) is 6.95. The zero-order valence-corrected chi connectivity index (χ0v) is 12.5. The Morgan fingerprint density at radius 3 is 2.35 bits per heavy atom. The first kappa shape index (κ1) is 15.1. The summed E-state index contributed by atoms with van der Waals surface area (Å²) in [4.78, 5) is 12.8. The van der Waals surface area contributed by atoms with Gasteiger partial charge in [0.2, 0.25) is 5.95 Å². The Hall–Kier alpha value is -1.27.